The van der Waals surface area contributed by atoms with E-state index in [-0.39, 0.29) is 17.1 Å². The maximum absolute atomic E-state index is 12.3. The van der Waals surface area contributed by atoms with E-state index in [0.29, 0.717) is 28.1 Å². The highest BCUT2D eigenvalue weighted by Gasteiger charge is 2.21. The fourth-order valence-corrected chi connectivity index (χ4v) is 3.87. The molecule has 1 amide bonds. The van der Waals surface area contributed by atoms with Crippen molar-refractivity contribution in [1.82, 2.24) is 10.2 Å². The van der Waals surface area contributed by atoms with E-state index in [4.69, 9.17) is 4.74 Å². The van der Waals surface area contributed by atoms with Gasteiger partial charge in [0.1, 0.15) is 5.25 Å². The van der Waals surface area contributed by atoms with E-state index in [1.165, 1.54) is 23.1 Å². The second-order valence-electron chi connectivity index (χ2n) is 4.91. The van der Waals surface area contributed by atoms with E-state index >= 15 is 0 Å². The lowest BCUT2D eigenvalue weighted by atomic mass is 10.1. The second kappa shape index (κ2) is 8.79. The summed E-state index contributed by atoms with van der Waals surface area (Å²) in [4.78, 5) is 24.1. The zero-order valence-electron chi connectivity index (χ0n) is 13.7. The summed E-state index contributed by atoms with van der Waals surface area (Å²) in [7, 11) is 0. The van der Waals surface area contributed by atoms with Gasteiger partial charge in [-0.05, 0) is 31.9 Å². The third-order valence-corrected chi connectivity index (χ3v) is 5.45. The Morgan fingerprint density at radius 1 is 1.29 bits per heavy atom. The van der Waals surface area contributed by atoms with Crippen molar-refractivity contribution in [2.75, 3.05) is 11.9 Å². The molecule has 8 heteroatoms. The van der Waals surface area contributed by atoms with Gasteiger partial charge in [0.25, 0.3) is 5.91 Å². The van der Waals surface area contributed by atoms with E-state index in [1.807, 2.05) is 32.0 Å². The first-order chi connectivity index (χ1) is 11.5. The van der Waals surface area contributed by atoms with Crippen LogP contribution in [0.3, 0.4) is 0 Å². The Balaban J connectivity index is 2.01. The largest absolute Gasteiger partial charge is 0.465 e. The number of carbonyl (C=O) groups excluding carboxylic acids is 2. The molecule has 2 aromatic rings. The topological polar surface area (TPSA) is 81.2 Å². The minimum absolute atomic E-state index is 0.224. The molecule has 0 aliphatic heterocycles. The van der Waals surface area contributed by atoms with Crippen molar-refractivity contribution in [2.24, 2.45) is 0 Å². The Bertz CT molecular complexity index is 718. The zero-order chi connectivity index (χ0) is 17.5. The van der Waals surface area contributed by atoms with Crippen LogP contribution in [0.25, 0.3) is 0 Å². The van der Waals surface area contributed by atoms with E-state index in [9.17, 15) is 9.59 Å². The van der Waals surface area contributed by atoms with Crippen LogP contribution in [0.15, 0.2) is 28.6 Å². The molecule has 1 aromatic carbocycles. The molecule has 0 aliphatic carbocycles. The molecule has 1 atom stereocenters. The standard InChI is InChI=1S/C16H19N3O3S2/c1-4-12(14(21)22-5-2)23-16-19-18-15(24-16)17-13(20)11-9-7-6-8-10(11)3/h6-9,12H,4-5H2,1-3H3,(H,17,18,20). The summed E-state index contributed by atoms with van der Waals surface area (Å²) in [6.45, 7) is 5.92. The van der Waals surface area contributed by atoms with Crippen LogP contribution in [0.4, 0.5) is 5.13 Å². The number of aromatic nitrogens is 2. The van der Waals surface area contributed by atoms with Crippen molar-refractivity contribution in [1.29, 1.82) is 0 Å². The third kappa shape index (κ3) is 4.78. The van der Waals surface area contributed by atoms with Gasteiger partial charge in [0.05, 0.1) is 6.61 Å². The molecule has 0 radical (unpaired) electrons. The number of thioether (sulfide) groups is 1. The molecule has 1 heterocycles. The van der Waals surface area contributed by atoms with Crippen LogP contribution in [-0.4, -0.2) is 33.9 Å². The fraction of sp³-hybridized carbons (Fsp3) is 0.375. The number of nitrogens with zero attached hydrogens (tertiary/aromatic N) is 2. The van der Waals surface area contributed by atoms with Gasteiger partial charge in [-0.25, -0.2) is 0 Å². The molecule has 0 saturated carbocycles. The average Bonchev–Trinajstić information content (AvgIpc) is 3.00. The molecule has 0 fully saturated rings. The van der Waals surface area contributed by atoms with Gasteiger partial charge in [0.2, 0.25) is 5.13 Å². The molecule has 1 N–H and O–H groups in total. The summed E-state index contributed by atoms with van der Waals surface area (Å²) >= 11 is 2.54. The van der Waals surface area contributed by atoms with Gasteiger partial charge >= 0.3 is 5.97 Å². The Hall–Kier alpha value is -1.93. The van der Waals surface area contributed by atoms with Gasteiger partial charge in [0.15, 0.2) is 4.34 Å². The van der Waals surface area contributed by atoms with Crippen LogP contribution in [0, 0.1) is 6.92 Å². The Kier molecular flexibility index (Phi) is 6.74. The lowest BCUT2D eigenvalue weighted by Crippen LogP contribution is -2.19. The number of ether oxygens (including phenoxy) is 1. The van der Waals surface area contributed by atoms with Gasteiger partial charge < -0.3 is 4.74 Å². The first kappa shape index (κ1) is 18.4. The highest BCUT2D eigenvalue weighted by molar-refractivity contribution is 8.02. The summed E-state index contributed by atoms with van der Waals surface area (Å²) in [5.74, 6) is -0.482. The minimum Gasteiger partial charge on any atom is -0.465 e. The Morgan fingerprint density at radius 2 is 2.04 bits per heavy atom. The molecule has 24 heavy (non-hydrogen) atoms. The fourth-order valence-electron chi connectivity index (χ4n) is 1.96. The molecule has 0 spiro atoms. The summed E-state index contributed by atoms with van der Waals surface area (Å²) in [5.41, 5.74) is 1.49. The lowest BCUT2D eigenvalue weighted by Gasteiger charge is -2.10. The molecule has 1 aromatic heterocycles. The number of hydrogen-bond acceptors (Lipinski definition) is 7. The van der Waals surface area contributed by atoms with Crippen LogP contribution in [0.1, 0.15) is 36.2 Å². The normalized spacial score (nSPS) is 11.8. The Morgan fingerprint density at radius 3 is 2.71 bits per heavy atom. The number of anilines is 1. The molecule has 128 valence electrons. The van der Waals surface area contributed by atoms with Crippen LogP contribution < -0.4 is 5.32 Å². The number of amides is 1. The summed E-state index contributed by atoms with van der Waals surface area (Å²) in [5, 5.41) is 10.8. The first-order valence-electron chi connectivity index (χ1n) is 7.58. The van der Waals surface area contributed by atoms with Gasteiger partial charge in [0, 0.05) is 5.56 Å². The summed E-state index contributed by atoms with van der Waals surface area (Å²) < 4.78 is 5.66. The second-order valence-corrected chi connectivity index (χ2v) is 7.34. The van der Waals surface area contributed by atoms with Crippen LogP contribution >= 0.6 is 23.1 Å². The van der Waals surface area contributed by atoms with Crippen molar-refractivity contribution >= 4 is 40.1 Å². The number of esters is 1. The van der Waals surface area contributed by atoms with Crippen molar-refractivity contribution in [3.63, 3.8) is 0 Å². The van der Waals surface area contributed by atoms with E-state index in [2.05, 4.69) is 15.5 Å². The van der Waals surface area contributed by atoms with Crippen molar-refractivity contribution in [3.05, 3.63) is 35.4 Å². The zero-order valence-corrected chi connectivity index (χ0v) is 15.4. The van der Waals surface area contributed by atoms with Crippen molar-refractivity contribution < 1.29 is 14.3 Å². The van der Waals surface area contributed by atoms with E-state index < -0.39 is 0 Å². The van der Waals surface area contributed by atoms with Gasteiger partial charge in [-0.2, -0.15) is 0 Å². The maximum Gasteiger partial charge on any atom is 0.319 e. The number of aryl methyl sites for hydroxylation is 1. The van der Waals surface area contributed by atoms with Crippen molar-refractivity contribution in [2.45, 2.75) is 36.8 Å². The number of carbonyl (C=O) groups is 2. The molecular formula is C16H19N3O3S2. The summed E-state index contributed by atoms with van der Waals surface area (Å²) in [6.07, 6.45) is 0.633. The predicted molar refractivity (Wildman–Crippen MR) is 95.6 cm³/mol. The van der Waals surface area contributed by atoms with Crippen LogP contribution in [0.5, 0.6) is 0 Å². The number of hydrogen-bond donors (Lipinski definition) is 1. The average molecular weight is 365 g/mol. The quantitative estimate of drug-likeness (QED) is 0.459. The molecule has 0 saturated heterocycles. The smallest absolute Gasteiger partial charge is 0.319 e. The number of rotatable bonds is 7. The maximum atomic E-state index is 12.3. The van der Waals surface area contributed by atoms with Crippen molar-refractivity contribution in [3.8, 4) is 0 Å². The molecule has 0 bridgehead atoms. The highest BCUT2D eigenvalue weighted by atomic mass is 32.2. The van der Waals surface area contributed by atoms with Gasteiger partial charge in [-0.15, -0.1) is 10.2 Å². The lowest BCUT2D eigenvalue weighted by molar-refractivity contribution is -0.142. The SMILES string of the molecule is CCOC(=O)C(CC)Sc1nnc(NC(=O)c2ccccc2C)s1. The molecule has 0 aliphatic rings. The minimum atomic E-state index is -0.321. The highest BCUT2D eigenvalue weighted by Crippen LogP contribution is 2.31. The predicted octanol–water partition coefficient (Wildman–Crippen LogP) is 3.53. The van der Waals surface area contributed by atoms with E-state index in [1.54, 1.807) is 13.0 Å². The van der Waals surface area contributed by atoms with Gasteiger partial charge in [-0.3, -0.25) is 14.9 Å². The van der Waals surface area contributed by atoms with Gasteiger partial charge in [-0.1, -0.05) is 48.2 Å². The third-order valence-electron chi connectivity index (χ3n) is 3.18. The monoisotopic (exact) mass is 365 g/mol. The molecule has 6 nitrogen and oxygen atoms in total. The Labute approximate surface area is 149 Å². The molecule has 2 rings (SSSR count). The summed E-state index contributed by atoms with van der Waals surface area (Å²) in [6, 6.07) is 7.33. The molecular weight excluding hydrogens is 346 g/mol. The number of nitrogens with one attached hydrogen (secondary N) is 1. The van der Waals surface area contributed by atoms with Crippen LogP contribution in [-0.2, 0) is 9.53 Å². The molecule has 1 unspecified atom stereocenters. The van der Waals surface area contributed by atoms with Crippen LogP contribution in [0.2, 0.25) is 0 Å². The first-order valence-corrected chi connectivity index (χ1v) is 9.28. The number of benzene rings is 1. The van der Waals surface area contributed by atoms with E-state index in [0.717, 1.165) is 5.56 Å².